The minimum atomic E-state index is 0.650. The van der Waals surface area contributed by atoms with E-state index in [9.17, 15) is 0 Å². The zero-order chi connectivity index (χ0) is 9.68. The van der Waals surface area contributed by atoms with Crippen molar-refractivity contribution in [2.75, 3.05) is 0 Å². The Morgan fingerprint density at radius 3 is 3.00 bits per heavy atom. The molecule has 0 saturated heterocycles. The average molecular weight is 177 g/mol. The number of nitrogens with zero attached hydrogens (tertiary/aromatic N) is 1. The van der Waals surface area contributed by atoms with E-state index in [0.717, 1.165) is 6.42 Å². The molecule has 0 N–H and O–H groups in total. The summed E-state index contributed by atoms with van der Waals surface area (Å²) in [6.45, 7) is 8.31. The highest BCUT2D eigenvalue weighted by atomic mass is 14.7. The average Bonchev–Trinajstić information content (AvgIpc) is 2.15. The lowest BCUT2D eigenvalue weighted by molar-refractivity contribution is 0.550. The van der Waals surface area contributed by atoms with Crippen LogP contribution in [0.1, 0.15) is 39.5 Å². The van der Waals surface area contributed by atoms with Crippen molar-refractivity contribution in [3.8, 4) is 0 Å². The van der Waals surface area contributed by atoms with Gasteiger partial charge in [-0.3, -0.25) is 4.99 Å². The second kappa shape index (κ2) is 5.00. The molecule has 0 heterocycles. The Morgan fingerprint density at radius 2 is 2.38 bits per heavy atom. The van der Waals surface area contributed by atoms with E-state index in [1.165, 1.54) is 30.5 Å². The fourth-order valence-electron chi connectivity index (χ4n) is 1.86. The lowest BCUT2D eigenvalue weighted by atomic mass is 9.82. The molecule has 1 heteroatoms. The zero-order valence-electron chi connectivity index (χ0n) is 8.71. The number of aliphatic imine (C=N–C) groups is 1. The molecule has 1 nitrogen and oxygen atoms in total. The van der Waals surface area contributed by atoms with Crippen molar-refractivity contribution in [1.82, 2.24) is 0 Å². The van der Waals surface area contributed by atoms with Crippen LogP contribution < -0.4 is 0 Å². The van der Waals surface area contributed by atoms with Crippen LogP contribution in [-0.4, -0.2) is 5.71 Å². The van der Waals surface area contributed by atoms with Crippen LogP contribution in [-0.2, 0) is 0 Å². The highest BCUT2D eigenvalue weighted by Gasteiger charge is 2.20. The van der Waals surface area contributed by atoms with Crippen LogP contribution in [0.5, 0.6) is 0 Å². The van der Waals surface area contributed by atoms with Gasteiger partial charge in [-0.15, -0.1) is 0 Å². The van der Waals surface area contributed by atoms with Gasteiger partial charge in [0, 0.05) is 17.8 Å². The first-order chi connectivity index (χ1) is 6.29. The number of hydrogen-bond donors (Lipinski definition) is 0. The fraction of sp³-hybridized carbons (Fsp3) is 0.583. The third kappa shape index (κ3) is 2.55. The SMILES string of the molecule is C=C1CCCC(CC)C1=N/C=C\C. The largest absolute Gasteiger partial charge is 0.261 e. The number of hydrogen-bond acceptors (Lipinski definition) is 1. The first-order valence-electron chi connectivity index (χ1n) is 5.16. The molecule has 1 aliphatic rings. The van der Waals surface area contributed by atoms with E-state index < -0.39 is 0 Å². The topological polar surface area (TPSA) is 12.4 Å². The third-order valence-corrected chi connectivity index (χ3v) is 2.64. The molecule has 1 saturated carbocycles. The second-order valence-corrected chi connectivity index (χ2v) is 3.60. The Balaban J connectivity index is 2.79. The lowest BCUT2D eigenvalue weighted by Crippen LogP contribution is -2.20. The van der Waals surface area contributed by atoms with Gasteiger partial charge >= 0.3 is 0 Å². The first-order valence-corrected chi connectivity index (χ1v) is 5.16. The molecular weight excluding hydrogens is 158 g/mol. The molecule has 1 aliphatic carbocycles. The highest BCUT2D eigenvalue weighted by molar-refractivity contribution is 6.02. The molecule has 1 atom stereocenters. The molecular formula is C12H19N. The maximum Gasteiger partial charge on any atom is 0.0460 e. The van der Waals surface area contributed by atoms with Gasteiger partial charge in [-0.25, -0.2) is 0 Å². The Hall–Kier alpha value is -0.850. The maximum absolute atomic E-state index is 4.47. The molecule has 13 heavy (non-hydrogen) atoms. The van der Waals surface area contributed by atoms with E-state index in [4.69, 9.17) is 0 Å². The minimum absolute atomic E-state index is 0.650. The van der Waals surface area contributed by atoms with Gasteiger partial charge in [0.15, 0.2) is 0 Å². The van der Waals surface area contributed by atoms with Crippen molar-refractivity contribution in [1.29, 1.82) is 0 Å². The summed E-state index contributed by atoms with van der Waals surface area (Å²) in [6, 6.07) is 0. The van der Waals surface area contributed by atoms with Crippen molar-refractivity contribution in [3.63, 3.8) is 0 Å². The molecule has 0 aromatic carbocycles. The van der Waals surface area contributed by atoms with Gasteiger partial charge in [-0.2, -0.15) is 0 Å². The summed E-state index contributed by atoms with van der Waals surface area (Å²) in [7, 11) is 0. The van der Waals surface area contributed by atoms with Gasteiger partial charge in [0.1, 0.15) is 0 Å². The standard InChI is InChI=1S/C12H19N/c1-4-9-13-12-10(3)7-6-8-11(12)5-2/h4,9,11H,3,5-8H2,1-2H3/b9-4-,13-12?. The van der Waals surface area contributed by atoms with Crippen LogP contribution in [0.15, 0.2) is 29.4 Å². The molecule has 1 fully saturated rings. The summed E-state index contributed by atoms with van der Waals surface area (Å²) in [6.07, 6.45) is 8.75. The Labute approximate surface area is 81.3 Å². The van der Waals surface area contributed by atoms with Gasteiger partial charge in [-0.05, 0) is 38.2 Å². The summed E-state index contributed by atoms with van der Waals surface area (Å²) in [5.74, 6) is 0.650. The van der Waals surface area contributed by atoms with E-state index in [2.05, 4.69) is 18.5 Å². The van der Waals surface area contributed by atoms with Crippen LogP contribution >= 0.6 is 0 Å². The van der Waals surface area contributed by atoms with Crippen LogP contribution in [0, 0.1) is 5.92 Å². The van der Waals surface area contributed by atoms with Crippen molar-refractivity contribution >= 4 is 5.71 Å². The van der Waals surface area contributed by atoms with Gasteiger partial charge in [-0.1, -0.05) is 19.6 Å². The Kier molecular flexibility index (Phi) is 3.94. The number of allylic oxidation sites excluding steroid dienone is 2. The molecule has 0 spiro atoms. The molecule has 0 aromatic heterocycles. The third-order valence-electron chi connectivity index (χ3n) is 2.64. The molecule has 72 valence electrons. The summed E-state index contributed by atoms with van der Waals surface area (Å²) in [4.78, 5) is 4.47. The van der Waals surface area contributed by atoms with Crippen molar-refractivity contribution < 1.29 is 0 Å². The molecule has 0 amide bonds. The highest BCUT2D eigenvalue weighted by Crippen LogP contribution is 2.27. The number of rotatable bonds is 2. The second-order valence-electron chi connectivity index (χ2n) is 3.60. The van der Waals surface area contributed by atoms with E-state index in [1.807, 2.05) is 19.2 Å². The van der Waals surface area contributed by atoms with E-state index >= 15 is 0 Å². The maximum atomic E-state index is 4.47. The fourth-order valence-corrected chi connectivity index (χ4v) is 1.86. The van der Waals surface area contributed by atoms with Gasteiger partial charge in [0.25, 0.3) is 0 Å². The van der Waals surface area contributed by atoms with E-state index in [0.29, 0.717) is 5.92 Å². The van der Waals surface area contributed by atoms with E-state index in [1.54, 1.807) is 0 Å². The smallest absolute Gasteiger partial charge is 0.0460 e. The van der Waals surface area contributed by atoms with Crippen LogP contribution in [0.25, 0.3) is 0 Å². The Morgan fingerprint density at radius 1 is 1.62 bits per heavy atom. The quantitative estimate of drug-likeness (QED) is 0.609. The van der Waals surface area contributed by atoms with Crippen molar-refractivity contribution in [3.05, 3.63) is 24.4 Å². The predicted molar refractivity (Wildman–Crippen MR) is 59.0 cm³/mol. The molecule has 0 aromatic rings. The lowest BCUT2D eigenvalue weighted by Gasteiger charge is -2.24. The zero-order valence-corrected chi connectivity index (χ0v) is 8.71. The minimum Gasteiger partial charge on any atom is -0.261 e. The molecule has 1 unspecified atom stereocenters. The first kappa shape index (κ1) is 10.2. The predicted octanol–water partition coefficient (Wildman–Crippen LogP) is 3.73. The van der Waals surface area contributed by atoms with E-state index in [-0.39, 0.29) is 0 Å². The molecule has 0 aliphatic heterocycles. The summed E-state index contributed by atoms with van der Waals surface area (Å²) in [5.41, 5.74) is 2.49. The van der Waals surface area contributed by atoms with Crippen molar-refractivity contribution in [2.24, 2.45) is 10.9 Å². The van der Waals surface area contributed by atoms with Crippen LogP contribution in [0.4, 0.5) is 0 Å². The van der Waals surface area contributed by atoms with Crippen LogP contribution in [0.2, 0.25) is 0 Å². The van der Waals surface area contributed by atoms with Crippen molar-refractivity contribution in [2.45, 2.75) is 39.5 Å². The van der Waals surface area contributed by atoms with Crippen LogP contribution in [0.3, 0.4) is 0 Å². The Bertz CT molecular complexity index is 236. The normalized spacial score (nSPS) is 27.4. The summed E-state index contributed by atoms with van der Waals surface area (Å²) in [5, 5.41) is 0. The molecule has 1 rings (SSSR count). The molecule has 0 radical (unpaired) electrons. The molecule has 0 bridgehead atoms. The van der Waals surface area contributed by atoms with Gasteiger partial charge in [0.2, 0.25) is 0 Å². The summed E-state index contributed by atoms with van der Waals surface area (Å²) >= 11 is 0. The van der Waals surface area contributed by atoms with Gasteiger partial charge < -0.3 is 0 Å². The van der Waals surface area contributed by atoms with Gasteiger partial charge in [0.05, 0.1) is 0 Å². The summed E-state index contributed by atoms with van der Waals surface area (Å²) < 4.78 is 0. The monoisotopic (exact) mass is 177 g/mol.